The average Bonchev–Trinajstić information content (AvgIpc) is 3.04. The van der Waals surface area contributed by atoms with Crippen molar-refractivity contribution >= 4 is 46.4 Å². The van der Waals surface area contributed by atoms with Gasteiger partial charge in [0.25, 0.3) is 0 Å². The van der Waals surface area contributed by atoms with Crippen molar-refractivity contribution < 1.29 is 45.8 Å². The quantitative estimate of drug-likeness (QED) is 0.111. The number of hydrogen-bond donors (Lipinski definition) is 1. The molecule has 49 heavy (non-hydrogen) atoms. The summed E-state index contributed by atoms with van der Waals surface area (Å²) < 4.78 is 79.3. The van der Waals surface area contributed by atoms with E-state index in [2.05, 4.69) is 0 Å². The fraction of sp³-hybridized carbons (Fsp3) is 0.278. The Morgan fingerprint density at radius 2 is 1.14 bits per heavy atom. The minimum Gasteiger partial charge on any atom is -0.506 e. The van der Waals surface area contributed by atoms with Gasteiger partial charge in [-0.3, -0.25) is 9.59 Å². The molecule has 0 bridgehead atoms. The Morgan fingerprint density at radius 1 is 0.694 bits per heavy atom. The predicted octanol–water partition coefficient (Wildman–Crippen LogP) is 12.0. The number of rotatable bonds is 8. The molecule has 0 fully saturated rings. The molecular formula is C36H33Cl3F6O4. The molecule has 4 rings (SSSR count). The second-order valence-electron chi connectivity index (χ2n) is 10.4. The maximum absolute atomic E-state index is 12.6. The number of carbonyl (C=O) groups is 2. The molecule has 0 heterocycles. The average molecular weight is 750 g/mol. The summed E-state index contributed by atoms with van der Waals surface area (Å²) in [6, 6.07) is 16.3. The van der Waals surface area contributed by atoms with E-state index < -0.39 is 23.5 Å². The molecule has 0 aliphatic heterocycles. The summed E-state index contributed by atoms with van der Waals surface area (Å²) in [4.78, 5) is 22.9. The topological polar surface area (TPSA) is 63.6 Å². The highest BCUT2D eigenvalue weighted by molar-refractivity contribution is 6.32. The molecule has 0 aliphatic carbocycles. The summed E-state index contributed by atoms with van der Waals surface area (Å²) in [5.74, 6) is 0.360. The molecule has 0 saturated carbocycles. The van der Waals surface area contributed by atoms with Crippen molar-refractivity contribution in [2.75, 3.05) is 0 Å². The van der Waals surface area contributed by atoms with Gasteiger partial charge in [0, 0.05) is 17.0 Å². The Kier molecular flexibility index (Phi) is 15.5. The van der Waals surface area contributed by atoms with Crippen molar-refractivity contribution in [3.8, 4) is 11.5 Å². The first-order valence-corrected chi connectivity index (χ1v) is 16.0. The first-order valence-electron chi connectivity index (χ1n) is 14.7. The van der Waals surface area contributed by atoms with Crippen LogP contribution in [0, 0.1) is 0 Å². The molecule has 1 N–H and O–H groups in total. The minimum atomic E-state index is -4.45. The van der Waals surface area contributed by atoms with Gasteiger partial charge in [-0.1, -0.05) is 73.4 Å². The number of alkyl halides is 7. The van der Waals surface area contributed by atoms with Crippen LogP contribution >= 0.6 is 34.8 Å². The highest BCUT2D eigenvalue weighted by Crippen LogP contribution is 2.36. The summed E-state index contributed by atoms with van der Waals surface area (Å²) in [6.07, 6.45) is -7.36. The molecule has 0 aromatic heterocycles. The first-order chi connectivity index (χ1) is 22.8. The second-order valence-corrected chi connectivity index (χ2v) is 11.5. The third-order valence-corrected chi connectivity index (χ3v) is 7.96. The van der Waals surface area contributed by atoms with Gasteiger partial charge in [-0.25, -0.2) is 0 Å². The zero-order valence-electron chi connectivity index (χ0n) is 26.8. The first kappa shape index (κ1) is 41.4. The number of phenolic OH excluding ortho intramolecular Hbond substituents is 1. The van der Waals surface area contributed by atoms with Crippen LogP contribution in [0.5, 0.6) is 11.5 Å². The van der Waals surface area contributed by atoms with Gasteiger partial charge in [0.1, 0.15) is 18.1 Å². The molecular weight excluding hydrogens is 717 g/mol. The molecule has 264 valence electrons. The smallest absolute Gasteiger partial charge is 0.416 e. The summed E-state index contributed by atoms with van der Waals surface area (Å²) in [7, 11) is 0. The molecule has 4 aromatic rings. The largest absolute Gasteiger partial charge is 0.506 e. The van der Waals surface area contributed by atoms with Gasteiger partial charge in [-0.2, -0.15) is 26.3 Å². The Hall–Kier alpha value is -3.73. The number of carbonyl (C=O) groups excluding carboxylic acids is 2. The van der Waals surface area contributed by atoms with Crippen molar-refractivity contribution in [2.24, 2.45) is 0 Å². The van der Waals surface area contributed by atoms with E-state index >= 15 is 0 Å². The molecule has 13 heteroatoms. The molecule has 0 radical (unpaired) electrons. The SMILES string of the molecule is CCc1c(CCl)cccc1C(C)=O.CCc1c(COc2ccc(C(F)(F)F)cc2Cl)cccc1C(C)=O.Oc1ccc(C(F)(F)F)cc1Cl. The number of aromatic hydroxyl groups is 1. The number of benzene rings is 4. The molecule has 0 atom stereocenters. The van der Waals surface area contributed by atoms with Gasteiger partial charge >= 0.3 is 12.4 Å². The Morgan fingerprint density at radius 3 is 1.55 bits per heavy atom. The van der Waals surface area contributed by atoms with Crippen molar-refractivity contribution in [1.82, 2.24) is 0 Å². The van der Waals surface area contributed by atoms with Crippen LogP contribution in [0.4, 0.5) is 26.3 Å². The van der Waals surface area contributed by atoms with Gasteiger partial charge in [-0.05, 0) is 85.3 Å². The lowest BCUT2D eigenvalue weighted by atomic mass is 9.97. The monoisotopic (exact) mass is 748 g/mol. The van der Waals surface area contributed by atoms with E-state index in [1.54, 1.807) is 19.1 Å². The van der Waals surface area contributed by atoms with E-state index in [9.17, 15) is 35.9 Å². The second kappa shape index (κ2) is 18.3. The number of ketones is 2. The molecule has 0 aliphatic rings. The maximum atomic E-state index is 12.6. The number of halogens is 9. The lowest BCUT2D eigenvalue weighted by Crippen LogP contribution is -2.07. The fourth-order valence-corrected chi connectivity index (χ4v) is 5.32. The van der Waals surface area contributed by atoms with Gasteiger partial charge in [0.15, 0.2) is 11.6 Å². The van der Waals surface area contributed by atoms with Crippen LogP contribution in [-0.4, -0.2) is 16.7 Å². The number of ether oxygens (including phenoxy) is 1. The van der Waals surface area contributed by atoms with Crippen molar-refractivity contribution in [1.29, 1.82) is 0 Å². The molecule has 0 saturated heterocycles. The number of Topliss-reactive ketones (excluding diaryl/α,β-unsaturated/α-hetero) is 2. The zero-order chi connectivity index (χ0) is 37.1. The Labute approximate surface area is 295 Å². The number of phenols is 1. The van der Waals surface area contributed by atoms with Crippen molar-refractivity contribution in [3.63, 3.8) is 0 Å². The van der Waals surface area contributed by atoms with E-state index in [0.717, 1.165) is 58.5 Å². The van der Waals surface area contributed by atoms with Crippen LogP contribution in [0.1, 0.15) is 81.8 Å². The Bertz CT molecular complexity index is 1750. The third kappa shape index (κ3) is 12.0. The standard InChI is InChI=1S/C18H16ClF3O2.C11H13ClO.C7H4ClF3O/c1-3-14-12(5-4-6-15(14)11(2)23)10-24-17-8-7-13(9-16(17)19)18(20,21)22;1-3-10-9(7-12)5-4-6-11(10)8(2)13;8-5-3-4(7(9,10)11)1-2-6(5)12/h4-9H,3,10H2,1-2H3;4-6H,3,7H2,1-2H3;1-3,12H. The molecule has 0 unspecified atom stereocenters. The third-order valence-electron chi connectivity index (χ3n) is 7.07. The zero-order valence-corrected chi connectivity index (χ0v) is 29.1. The summed E-state index contributed by atoms with van der Waals surface area (Å²) >= 11 is 16.9. The van der Waals surface area contributed by atoms with Gasteiger partial charge in [-0.15, -0.1) is 11.6 Å². The van der Waals surface area contributed by atoms with Crippen molar-refractivity contribution in [3.05, 3.63) is 127 Å². The molecule has 4 aromatic carbocycles. The van der Waals surface area contributed by atoms with Gasteiger partial charge < -0.3 is 9.84 Å². The predicted molar refractivity (Wildman–Crippen MR) is 180 cm³/mol. The Balaban J connectivity index is 0.000000281. The molecule has 0 spiro atoms. The van der Waals surface area contributed by atoms with Gasteiger partial charge in [0.05, 0.1) is 21.2 Å². The van der Waals surface area contributed by atoms with Crippen LogP contribution in [-0.2, 0) is 37.7 Å². The highest BCUT2D eigenvalue weighted by atomic mass is 35.5. The lowest BCUT2D eigenvalue weighted by Gasteiger charge is -2.14. The minimum absolute atomic E-state index is 0.0405. The van der Waals surface area contributed by atoms with E-state index in [4.69, 9.17) is 44.6 Å². The number of hydrogen-bond acceptors (Lipinski definition) is 4. The fourth-order valence-electron chi connectivity index (χ4n) is 4.66. The van der Waals surface area contributed by atoms with E-state index in [1.165, 1.54) is 13.0 Å². The van der Waals surface area contributed by atoms with E-state index in [0.29, 0.717) is 23.9 Å². The summed E-state index contributed by atoms with van der Waals surface area (Å²) in [5.41, 5.74) is 3.56. The molecule has 0 amide bonds. The van der Waals surface area contributed by atoms with Crippen LogP contribution < -0.4 is 4.74 Å². The van der Waals surface area contributed by atoms with Crippen LogP contribution in [0.25, 0.3) is 0 Å². The van der Waals surface area contributed by atoms with Crippen molar-refractivity contribution in [2.45, 2.75) is 65.4 Å². The normalized spacial score (nSPS) is 11.1. The van der Waals surface area contributed by atoms with Crippen LogP contribution in [0.2, 0.25) is 10.0 Å². The van der Waals surface area contributed by atoms with Crippen LogP contribution in [0.15, 0.2) is 72.8 Å². The summed E-state index contributed by atoms with van der Waals surface area (Å²) in [6.45, 7) is 7.17. The maximum Gasteiger partial charge on any atom is 0.416 e. The van der Waals surface area contributed by atoms with Gasteiger partial charge in [0.2, 0.25) is 0 Å². The highest BCUT2D eigenvalue weighted by Gasteiger charge is 2.31. The van der Waals surface area contributed by atoms with E-state index in [1.807, 2.05) is 38.1 Å². The summed E-state index contributed by atoms with van der Waals surface area (Å²) in [5, 5.41) is 8.40. The van der Waals surface area contributed by atoms with Crippen LogP contribution in [0.3, 0.4) is 0 Å². The van der Waals surface area contributed by atoms with E-state index in [-0.39, 0.29) is 39.7 Å². The lowest BCUT2D eigenvalue weighted by molar-refractivity contribution is -0.138. The molecule has 4 nitrogen and oxygen atoms in total.